The summed E-state index contributed by atoms with van der Waals surface area (Å²) in [6.45, 7) is 0. The molecular weight excluding hydrogens is 252 g/mol. The van der Waals surface area contributed by atoms with Gasteiger partial charge in [0, 0.05) is 11.8 Å². The van der Waals surface area contributed by atoms with Gasteiger partial charge in [0.25, 0.3) is 0 Å². The maximum absolute atomic E-state index is 8.72. The van der Waals surface area contributed by atoms with Crippen molar-refractivity contribution >= 4 is 17.2 Å². The molecule has 0 spiro atoms. The molecule has 2 rings (SSSR count). The molecule has 0 aliphatic heterocycles. The molecule has 20 heavy (non-hydrogen) atoms. The van der Waals surface area contributed by atoms with Crippen LogP contribution in [0, 0.1) is 16.7 Å². The molecule has 2 aromatic rings. The van der Waals surface area contributed by atoms with Gasteiger partial charge in [-0.05, 0) is 24.3 Å². The van der Waals surface area contributed by atoms with E-state index < -0.39 is 0 Å². The molecule has 1 aromatic carbocycles. The van der Waals surface area contributed by atoms with E-state index in [4.69, 9.17) is 16.4 Å². The first-order valence-electron chi connectivity index (χ1n) is 5.80. The molecule has 6 nitrogen and oxygen atoms in total. The number of hydrogen-bond donors (Lipinski definition) is 3. The summed E-state index contributed by atoms with van der Waals surface area (Å²) in [6.07, 6.45) is 1.73. The fourth-order valence-electron chi connectivity index (χ4n) is 1.51. The lowest BCUT2D eigenvalue weighted by molar-refractivity contribution is 1.31. The van der Waals surface area contributed by atoms with Gasteiger partial charge in [-0.25, -0.2) is 0 Å². The van der Waals surface area contributed by atoms with Gasteiger partial charge in [0.1, 0.15) is 6.07 Å². The van der Waals surface area contributed by atoms with Gasteiger partial charge in [-0.3, -0.25) is 15.8 Å². The maximum Gasteiger partial charge on any atom is 0.201 e. The Morgan fingerprint density at radius 2 is 2.00 bits per heavy atom. The zero-order valence-corrected chi connectivity index (χ0v) is 10.5. The number of hydrazone groups is 1. The van der Waals surface area contributed by atoms with E-state index in [0.717, 1.165) is 11.3 Å². The number of pyridine rings is 1. The van der Waals surface area contributed by atoms with E-state index in [-0.39, 0.29) is 11.5 Å². The molecule has 0 amide bonds. The molecule has 0 bridgehead atoms. The van der Waals surface area contributed by atoms with E-state index >= 15 is 0 Å². The highest BCUT2D eigenvalue weighted by atomic mass is 15.3. The Labute approximate surface area is 116 Å². The second kappa shape index (κ2) is 6.11. The minimum atomic E-state index is -0.370. The SMILES string of the molecule is N#C/C(=N\Nc1ccc(-c2ccccn2)cc1)C(=N)N. The van der Waals surface area contributed by atoms with Crippen LogP contribution in [0.3, 0.4) is 0 Å². The lowest BCUT2D eigenvalue weighted by Gasteiger charge is -2.03. The fourth-order valence-corrected chi connectivity index (χ4v) is 1.51. The van der Waals surface area contributed by atoms with E-state index in [0.29, 0.717) is 5.69 Å². The van der Waals surface area contributed by atoms with E-state index in [1.54, 1.807) is 12.3 Å². The number of rotatable bonds is 4. The van der Waals surface area contributed by atoms with Crippen LogP contribution >= 0.6 is 0 Å². The predicted molar refractivity (Wildman–Crippen MR) is 78.3 cm³/mol. The summed E-state index contributed by atoms with van der Waals surface area (Å²) < 4.78 is 0. The zero-order valence-electron chi connectivity index (χ0n) is 10.5. The molecule has 0 aliphatic carbocycles. The van der Waals surface area contributed by atoms with Crippen LogP contribution in [0.15, 0.2) is 53.8 Å². The lowest BCUT2D eigenvalue weighted by Crippen LogP contribution is -2.21. The Morgan fingerprint density at radius 1 is 1.25 bits per heavy atom. The largest absolute Gasteiger partial charge is 0.382 e. The summed E-state index contributed by atoms with van der Waals surface area (Å²) in [5, 5.41) is 19.6. The van der Waals surface area contributed by atoms with Crippen LogP contribution < -0.4 is 11.2 Å². The highest BCUT2D eigenvalue weighted by Gasteiger charge is 2.01. The highest BCUT2D eigenvalue weighted by Crippen LogP contribution is 2.18. The average molecular weight is 264 g/mol. The van der Waals surface area contributed by atoms with E-state index in [9.17, 15) is 0 Å². The predicted octanol–water partition coefficient (Wildman–Crippen LogP) is 1.98. The fraction of sp³-hybridized carbons (Fsp3) is 0. The smallest absolute Gasteiger partial charge is 0.201 e. The number of nitriles is 1. The third-order valence-electron chi connectivity index (χ3n) is 2.50. The first kappa shape index (κ1) is 13.2. The van der Waals surface area contributed by atoms with Gasteiger partial charge in [0.05, 0.1) is 11.4 Å². The zero-order chi connectivity index (χ0) is 14.4. The summed E-state index contributed by atoms with van der Waals surface area (Å²) in [5.74, 6) is -0.370. The average Bonchev–Trinajstić information content (AvgIpc) is 2.49. The number of hydrogen-bond acceptors (Lipinski definition) is 5. The maximum atomic E-state index is 8.72. The van der Waals surface area contributed by atoms with Crippen molar-refractivity contribution in [2.24, 2.45) is 10.8 Å². The van der Waals surface area contributed by atoms with E-state index in [2.05, 4.69) is 15.5 Å². The Balaban J connectivity index is 2.14. The quantitative estimate of drug-likeness (QED) is 0.445. The van der Waals surface area contributed by atoms with Crippen molar-refractivity contribution in [1.82, 2.24) is 4.98 Å². The molecule has 1 aromatic heterocycles. The summed E-state index contributed by atoms with van der Waals surface area (Å²) in [7, 11) is 0. The van der Waals surface area contributed by atoms with Crippen LogP contribution in [0.5, 0.6) is 0 Å². The van der Waals surface area contributed by atoms with Crippen molar-refractivity contribution in [2.45, 2.75) is 0 Å². The van der Waals surface area contributed by atoms with Crippen molar-refractivity contribution in [3.8, 4) is 17.3 Å². The van der Waals surface area contributed by atoms with Crippen LogP contribution in [0.25, 0.3) is 11.3 Å². The number of benzene rings is 1. The standard InChI is InChI=1S/C14H12N6/c15-9-13(14(16)17)20-19-11-6-4-10(5-7-11)12-3-1-2-8-18-12/h1-8,19H,(H3,16,17)/b20-13+. The number of nitrogens with one attached hydrogen (secondary N) is 2. The summed E-state index contributed by atoms with van der Waals surface area (Å²) in [5.41, 5.74) is 10.3. The molecule has 0 aliphatic rings. The first-order chi connectivity index (χ1) is 9.70. The normalized spacial score (nSPS) is 10.7. The Morgan fingerprint density at radius 3 is 2.55 bits per heavy atom. The molecule has 0 unspecified atom stereocenters. The number of amidine groups is 1. The molecule has 1 heterocycles. The summed E-state index contributed by atoms with van der Waals surface area (Å²) in [4.78, 5) is 4.25. The van der Waals surface area contributed by atoms with Gasteiger partial charge in [-0.2, -0.15) is 10.4 Å². The van der Waals surface area contributed by atoms with Crippen molar-refractivity contribution in [3.63, 3.8) is 0 Å². The number of anilines is 1. The van der Waals surface area contributed by atoms with E-state index in [1.807, 2.05) is 42.5 Å². The number of aromatic nitrogens is 1. The van der Waals surface area contributed by atoms with Crippen LogP contribution in [0.4, 0.5) is 5.69 Å². The molecule has 4 N–H and O–H groups in total. The Hall–Kier alpha value is -3.20. The molecule has 0 fully saturated rings. The summed E-state index contributed by atoms with van der Waals surface area (Å²) in [6, 6.07) is 14.8. The van der Waals surface area contributed by atoms with Gasteiger partial charge < -0.3 is 5.73 Å². The number of nitrogens with zero attached hydrogens (tertiary/aromatic N) is 3. The monoisotopic (exact) mass is 264 g/mol. The van der Waals surface area contributed by atoms with E-state index in [1.165, 1.54) is 0 Å². The van der Waals surface area contributed by atoms with Crippen molar-refractivity contribution in [1.29, 1.82) is 10.7 Å². The highest BCUT2D eigenvalue weighted by molar-refractivity contribution is 6.45. The van der Waals surface area contributed by atoms with Crippen LogP contribution in [0.2, 0.25) is 0 Å². The second-order valence-corrected chi connectivity index (χ2v) is 3.89. The molecule has 98 valence electrons. The van der Waals surface area contributed by atoms with Crippen LogP contribution in [-0.2, 0) is 0 Å². The van der Waals surface area contributed by atoms with Crippen LogP contribution in [0.1, 0.15) is 0 Å². The van der Waals surface area contributed by atoms with Crippen LogP contribution in [-0.4, -0.2) is 16.5 Å². The topological polar surface area (TPSA) is 111 Å². The minimum absolute atomic E-state index is 0.154. The minimum Gasteiger partial charge on any atom is -0.382 e. The molecule has 0 atom stereocenters. The third kappa shape index (κ3) is 3.17. The van der Waals surface area contributed by atoms with Gasteiger partial charge in [0.15, 0.2) is 5.84 Å². The third-order valence-corrected chi connectivity index (χ3v) is 2.50. The molecule has 0 saturated carbocycles. The molecule has 0 radical (unpaired) electrons. The van der Waals surface area contributed by atoms with Crippen molar-refractivity contribution in [3.05, 3.63) is 48.7 Å². The van der Waals surface area contributed by atoms with Crippen molar-refractivity contribution in [2.75, 3.05) is 5.43 Å². The van der Waals surface area contributed by atoms with Gasteiger partial charge in [0.2, 0.25) is 5.71 Å². The first-order valence-corrected chi connectivity index (χ1v) is 5.80. The van der Waals surface area contributed by atoms with Gasteiger partial charge in [-0.1, -0.05) is 18.2 Å². The van der Waals surface area contributed by atoms with Crippen molar-refractivity contribution < 1.29 is 0 Å². The lowest BCUT2D eigenvalue weighted by atomic mass is 10.1. The number of nitrogens with two attached hydrogens (primary N) is 1. The second-order valence-electron chi connectivity index (χ2n) is 3.89. The Bertz CT molecular complexity index is 667. The molecule has 6 heteroatoms. The molecular formula is C14H12N6. The molecule has 0 saturated heterocycles. The van der Waals surface area contributed by atoms with Gasteiger partial charge >= 0.3 is 0 Å². The summed E-state index contributed by atoms with van der Waals surface area (Å²) >= 11 is 0. The Kier molecular flexibility index (Phi) is 4.04. The van der Waals surface area contributed by atoms with Gasteiger partial charge in [-0.15, -0.1) is 0 Å².